The van der Waals surface area contributed by atoms with Crippen molar-refractivity contribution in [3.8, 4) is 0 Å². The summed E-state index contributed by atoms with van der Waals surface area (Å²) in [7, 11) is 1.88. The first-order valence-electron chi connectivity index (χ1n) is 6.14. The van der Waals surface area contributed by atoms with Gasteiger partial charge in [-0.3, -0.25) is 0 Å². The van der Waals surface area contributed by atoms with E-state index in [-0.39, 0.29) is 5.41 Å². The summed E-state index contributed by atoms with van der Waals surface area (Å²) >= 11 is 0. The van der Waals surface area contributed by atoms with Crippen LogP contribution in [0.25, 0.3) is 0 Å². The van der Waals surface area contributed by atoms with Gasteiger partial charge >= 0.3 is 0 Å². The highest BCUT2D eigenvalue weighted by molar-refractivity contribution is 5.31. The fourth-order valence-corrected chi connectivity index (χ4v) is 1.97. The number of benzene rings is 1. The molecule has 0 amide bonds. The molecule has 0 bridgehead atoms. The summed E-state index contributed by atoms with van der Waals surface area (Å²) in [5.41, 5.74) is 3.10. The number of imidazole rings is 1. The molecule has 0 aliphatic rings. The third kappa shape index (κ3) is 2.46. The van der Waals surface area contributed by atoms with Crippen LogP contribution in [0.1, 0.15) is 43.7 Å². The van der Waals surface area contributed by atoms with E-state index in [0.29, 0.717) is 0 Å². The maximum absolute atomic E-state index is 10.3. The zero-order chi connectivity index (χ0) is 13.3. The average Bonchev–Trinajstić information content (AvgIpc) is 2.73. The van der Waals surface area contributed by atoms with E-state index in [1.807, 2.05) is 23.7 Å². The predicted molar refractivity (Wildman–Crippen MR) is 72.4 cm³/mol. The minimum atomic E-state index is -0.619. The van der Waals surface area contributed by atoms with E-state index >= 15 is 0 Å². The Labute approximate surface area is 108 Å². The molecule has 1 aromatic heterocycles. The molecule has 96 valence electrons. The Balaban J connectivity index is 2.28. The van der Waals surface area contributed by atoms with E-state index in [1.54, 1.807) is 12.5 Å². The van der Waals surface area contributed by atoms with Gasteiger partial charge in [0, 0.05) is 7.05 Å². The number of aliphatic hydroxyl groups is 1. The summed E-state index contributed by atoms with van der Waals surface area (Å²) in [6.45, 7) is 6.54. The van der Waals surface area contributed by atoms with Crippen LogP contribution in [-0.4, -0.2) is 14.7 Å². The molecule has 1 aromatic carbocycles. The lowest BCUT2D eigenvalue weighted by Gasteiger charge is -2.20. The van der Waals surface area contributed by atoms with Gasteiger partial charge in [0.2, 0.25) is 0 Å². The Bertz CT molecular complexity index is 520. The molecule has 1 heterocycles. The van der Waals surface area contributed by atoms with Crippen LogP contribution in [0.15, 0.2) is 36.8 Å². The topological polar surface area (TPSA) is 38.0 Å². The van der Waals surface area contributed by atoms with Crippen molar-refractivity contribution in [2.24, 2.45) is 7.05 Å². The Morgan fingerprint density at radius 3 is 2.22 bits per heavy atom. The molecule has 1 atom stereocenters. The largest absolute Gasteiger partial charge is 0.382 e. The highest BCUT2D eigenvalue weighted by atomic mass is 16.3. The maximum atomic E-state index is 10.3. The van der Waals surface area contributed by atoms with Gasteiger partial charge in [-0.1, -0.05) is 45.0 Å². The van der Waals surface area contributed by atoms with Crippen LogP contribution in [0.3, 0.4) is 0 Å². The van der Waals surface area contributed by atoms with E-state index in [1.165, 1.54) is 5.56 Å². The highest BCUT2D eigenvalue weighted by Gasteiger charge is 2.16. The van der Waals surface area contributed by atoms with E-state index in [2.05, 4.69) is 37.9 Å². The molecule has 18 heavy (non-hydrogen) atoms. The quantitative estimate of drug-likeness (QED) is 0.882. The van der Waals surface area contributed by atoms with Gasteiger partial charge in [-0.25, -0.2) is 4.98 Å². The van der Waals surface area contributed by atoms with E-state index in [4.69, 9.17) is 0 Å². The van der Waals surface area contributed by atoms with Gasteiger partial charge < -0.3 is 9.67 Å². The van der Waals surface area contributed by atoms with Crippen molar-refractivity contribution in [1.82, 2.24) is 9.55 Å². The molecule has 1 N–H and O–H groups in total. The van der Waals surface area contributed by atoms with Crippen molar-refractivity contribution >= 4 is 0 Å². The zero-order valence-electron chi connectivity index (χ0n) is 11.4. The van der Waals surface area contributed by atoms with E-state index in [0.717, 1.165) is 11.3 Å². The smallest absolute Gasteiger partial charge is 0.121 e. The number of rotatable bonds is 2. The fraction of sp³-hybridized carbons (Fsp3) is 0.400. The van der Waals surface area contributed by atoms with Crippen LogP contribution in [0.2, 0.25) is 0 Å². The number of aliphatic hydroxyl groups excluding tert-OH is 1. The van der Waals surface area contributed by atoms with Crippen LogP contribution in [0, 0.1) is 0 Å². The Hall–Kier alpha value is -1.61. The van der Waals surface area contributed by atoms with Gasteiger partial charge in [0.05, 0.1) is 18.2 Å². The lowest BCUT2D eigenvalue weighted by Crippen LogP contribution is -2.11. The number of aryl methyl sites for hydroxylation is 1. The summed E-state index contributed by atoms with van der Waals surface area (Å²) in [4.78, 5) is 4.03. The molecular weight excluding hydrogens is 224 g/mol. The van der Waals surface area contributed by atoms with Crippen LogP contribution < -0.4 is 0 Å². The molecule has 3 nitrogen and oxygen atoms in total. The standard InChI is InChI=1S/C15H20N2O/c1-15(2,3)12-7-5-11(6-8-12)14(18)13-9-16-10-17(13)4/h5-10,14,18H,1-4H3. The molecule has 1 unspecified atom stereocenters. The van der Waals surface area contributed by atoms with Crippen LogP contribution in [0.5, 0.6) is 0 Å². The molecule has 0 saturated heterocycles. The van der Waals surface area contributed by atoms with Crippen molar-refractivity contribution in [3.05, 3.63) is 53.6 Å². The minimum Gasteiger partial charge on any atom is -0.382 e. The zero-order valence-corrected chi connectivity index (χ0v) is 11.4. The first-order valence-corrected chi connectivity index (χ1v) is 6.14. The fourth-order valence-electron chi connectivity index (χ4n) is 1.97. The summed E-state index contributed by atoms with van der Waals surface area (Å²) in [6.07, 6.45) is 2.77. The second kappa shape index (κ2) is 4.58. The lowest BCUT2D eigenvalue weighted by molar-refractivity contribution is 0.211. The number of aromatic nitrogens is 2. The van der Waals surface area contributed by atoms with Gasteiger partial charge in [-0.15, -0.1) is 0 Å². The van der Waals surface area contributed by atoms with E-state index < -0.39 is 6.10 Å². The van der Waals surface area contributed by atoms with Gasteiger partial charge in [-0.2, -0.15) is 0 Å². The third-order valence-electron chi connectivity index (χ3n) is 3.23. The van der Waals surface area contributed by atoms with Gasteiger partial charge in [0.1, 0.15) is 6.10 Å². The maximum Gasteiger partial charge on any atom is 0.121 e. The number of hydrogen-bond acceptors (Lipinski definition) is 2. The summed E-state index contributed by atoms with van der Waals surface area (Å²) in [6, 6.07) is 8.13. The van der Waals surface area contributed by atoms with E-state index in [9.17, 15) is 5.11 Å². The SMILES string of the molecule is Cn1cncc1C(O)c1ccc(C(C)(C)C)cc1. The highest BCUT2D eigenvalue weighted by Crippen LogP contribution is 2.26. The normalized spacial score (nSPS) is 13.6. The molecule has 0 aliphatic carbocycles. The molecule has 0 fully saturated rings. The molecular formula is C15H20N2O. The first kappa shape index (κ1) is 12.8. The summed E-state index contributed by atoms with van der Waals surface area (Å²) in [5.74, 6) is 0. The third-order valence-corrected chi connectivity index (χ3v) is 3.23. The molecule has 2 rings (SSSR count). The minimum absolute atomic E-state index is 0.135. The second-order valence-electron chi connectivity index (χ2n) is 5.70. The molecule has 3 heteroatoms. The van der Waals surface area contributed by atoms with Crippen LogP contribution >= 0.6 is 0 Å². The van der Waals surface area contributed by atoms with Crippen molar-refractivity contribution in [3.63, 3.8) is 0 Å². The van der Waals surface area contributed by atoms with Gasteiger partial charge in [-0.05, 0) is 16.5 Å². The van der Waals surface area contributed by atoms with Crippen LogP contribution in [0.4, 0.5) is 0 Å². The van der Waals surface area contributed by atoms with Crippen molar-refractivity contribution < 1.29 is 5.11 Å². The average molecular weight is 244 g/mol. The Kier molecular flexibility index (Phi) is 3.26. The Morgan fingerprint density at radius 1 is 1.17 bits per heavy atom. The Morgan fingerprint density at radius 2 is 1.78 bits per heavy atom. The lowest BCUT2D eigenvalue weighted by atomic mass is 9.86. The molecule has 0 radical (unpaired) electrons. The van der Waals surface area contributed by atoms with Crippen molar-refractivity contribution in [2.75, 3.05) is 0 Å². The number of nitrogens with zero attached hydrogens (tertiary/aromatic N) is 2. The second-order valence-corrected chi connectivity index (χ2v) is 5.70. The monoisotopic (exact) mass is 244 g/mol. The summed E-state index contributed by atoms with van der Waals surface area (Å²) < 4.78 is 1.84. The molecule has 0 aliphatic heterocycles. The summed E-state index contributed by atoms with van der Waals surface area (Å²) in [5, 5.41) is 10.3. The van der Waals surface area contributed by atoms with Gasteiger partial charge in [0.25, 0.3) is 0 Å². The van der Waals surface area contributed by atoms with Gasteiger partial charge in [0.15, 0.2) is 0 Å². The molecule has 0 spiro atoms. The predicted octanol–water partition coefficient (Wildman–Crippen LogP) is 2.80. The van der Waals surface area contributed by atoms with Crippen molar-refractivity contribution in [2.45, 2.75) is 32.3 Å². The van der Waals surface area contributed by atoms with Crippen molar-refractivity contribution in [1.29, 1.82) is 0 Å². The number of hydrogen-bond donors (Lipinski definition) is 1. The van der Waals surface area contributed by atoms with Crippen LogP contribution in [-0.2, 0) is 12.5 Å². The molecule has 0 saturated carbocycles. The first-order chi connectivity index (χ1) is 8.39. The molecule has 2 aromatic rings.